The van der Waals surface area contributed by atoms with Crippen molar-refractivity contribution in [2.75, 3.05) is 39.7 Å². The van der Waals surface area contributed by atoms with E-state index in [0.717, 1.165) is 37.6 Å². The molecule has 5 nitrogen and oxygen atoms in total. The summed E-state index contributed by atoms with van der Waals surface area (Å²) >= 11 is 0. The maximum absolute atomic E-state index is 5.06. The molecule has 0 aromatic carbocycles. The molecular weight excluding hydrogens is 216 g/mol. The summed E-state index contributed by atoms with van der Waals surface area (Å²) in [6.07, 6.45) is 1.06. The number of methoxy groups -OCH3 is 1. The Kier molecular flexibility index (Phi) is 5.44. The van der Waals surface area contributed by atoms with E-state index in [4.69, 9.17) is 4.74 Å². The Hall–Kier alpha value is -1.07. The molecule has 0 aliphatic carbocycles. The van der Waals surface area contributed by atoms with Gasteiger partial charge in [-0.1, -0.05) is 0 Å². The van der Waals surface area contributed by atoms with Gasteiger partial charge in [0.05, 0.1) is 5.69 Å². The Bertz CT molecular complexity index is 349. The highest BCUT2D eigenvalue weighted by atomic mass is 16.5. The van der Waals surface area contributed by atoms with E-state index in [1.807, 2.05) is 18.8 Å². The summed E-state index contributed by atoms with van der Waals surface area (Å²) in [6.45, 7) is 4.82. The lowest BCUT2D eigenvalue weighted by molar-refractivity contribution is 0.178. The maximum Gasteiger partial charge on any atom is 0.128 e. The summed E-state index contributed by atoms with van der Waals surface area (Å²) in [5.41, 5.74) is 2.37. The Morgan fingerprint density at radius 1 is 1.47 bits per heavy atom. The molecule has 0 saturated carbocycles. The minimum Gasteiger partial charge on any atom is -0.385 e. The van der Waals surface area contributed by atoms with Crippen LogP contribution in [0.15, 0.2) is 0 Å². The van der Waals surface area contributed by atoms with Gasteiger partial charge in [-0.3, -0.25) is 4.68 Å². The van der Waals surface area contributed by atoms with Gasteiger partial charge in [0.1, 0.15) is 5.82 Å². The van der Waals surface area contributed by atoms with Gasteiger partial charge in [0.2, 0.25) is 0 Å². The number of anilines is 1. The van der Waals surface area contributed by atoms with E-state index < -0.39 is 0 Å². The van der Waals surface area contributed by atoms with E-state index in [0.29, 0.717) is 0 Å². The second kappa shape index (κ2) is 6.61. The predicted molar refractivity (Wildman–Crippen MR) is 70.3 cm³/mol. The summed E-state index contributed by atoms with van der Waals surface area (Å²) in [7, 11) is 7.77. The van der Waals surface area contributed by atoms with Crippen molar-refractivity contribution in [3.8, 4) is 0 Å². The number of aromatic nitrogens is 2. The summed E-state index contributed by atoms with van der Waals surface area (Å²) < 4.78 is 6.96. The molecule has 0 atom stereocenters. The third-order valence-corrected chi connectivity index (χ3v) is 2.90. The molecule has 0 amide bonds. The van der Waals surface area contributed by atoms with Crippen molar-refractivity contribution in [2.24, 2.45) is 7.05 Å². The van der Waals surface area contributed by atoms with Crippen LogP contribution < -0.4 is 5.32 Å². The van der Waals surface area contributed by atoms with Crippen LogP contribution in [0, 0.1) is 6.92 Å². The fourth-order valence-corrected chi connectivity index (χ4v) is 2.03. The zero-order chi connectivity index (χ0) is 12.8. The highest BCUT2D eigenvalue weighted by molar-refractivity contribution is 5.46. The first-order chi connectivity index (χ1) is 8.10. The van der Waals surface area contributed by atoms with Crippen LogP contribution in [-0.4, -0.2) is 49.0 Å². The van der Waals surface area contributed by atoms with Crippen LogP contribution in [0.25, 0.3) is 0 Å². The molecule has 0 aliphatic heterocycles. The van der Waals surface area contributed by atoms with Crippen molar-refractivity contribution in [3.63, 3.8) is 0 Å². The third-order valence-electron chi connectivity index (χ3n) is 2.90. The lowest BCUT2D eigenvalue weighted by Crippen LogP contribution is -2.21. The van der Waals surface area contributed by atoms with E-state index in [-0.39, 0.29) is 0 Å². The maximum atomic E-state index is 5.06. The first-order valence-corrected chi connectivity index (χ1v) is 5.97. The van der Waals surface area contributed by atoms with Gasteiger partial charge < -0.3 is 15.0 Å². The second-order valence-corrected chi connectivity index (χ2v) is 4.37. The van der Waals surface area contributed by atoms with Crippen molar-refractivity contribution >= 4 is 5.82 Å². The van der Waals surface area contributed by atoms with E-state index >= 15 is 0 Å². The number of ether oxygens (including phenoxy) is 1. The first kappa shape index (κ1) is 14.0. The van der Waals surface area contributed by atoms with Crippen LogP contribution in [-0.2, 0) is 18.3 Å². The van der Waals surface area contributed by atoms with Crippen LogP contribution in [0.2, 0.25) is 0 Å². The number of nitrogens with one attached hydrogen (secondary N) is 1. The Labute approximate surface area is 104 Å². The predicted octanol–water partition coefficient (Wildman–Crippen LogP) is 1.24. The van der Waals surface area contributed by atoms with E-state index in [1.165, 1.54) is 5.56 Å². The summed E-state index contributed by atoms with van der Waals surface area (Å²) in [5.74, 6) is 1.10. The Morgan fingerprint density at radius 3 is 2.76 bits per heavy atom. The van der Waals surface area contributed by atoms with Gasteiger partial charge in [-0.25, -0.2) is 0 Å². The standard InChI is InChI=1S/C12H24N4O/c1-10-11(12(13-2)16(4)14-10)9-15(3)7-6-8-17-5/h13H,6-9H2,1-5H3. The largest absolute Gasteiger partial charge is 0.385 e. The van der Waals surface area contributed by atoms with Crippen molar-refractivity contribution in [3.05, 3.63) is 11.3 Å². The summed E-state index contributed by atoms with van der Waals surface area (Å²) in [4.78, 5) is 2.30. The molecule has 98 valence electrons. The normalized spacial score (nSPS) is 11.2. The van der Waals surface area contributed by atoms with Crippen molar-refractivity contribution in [1.82, 2.24) is 14.7 Å². The number of hydrogen-bond donors (Lipinski definition) is 1. The van der Waals surface area contributed by atoms with Crippen LogP contribution in [0.4, 0.5) is 5.82 Å². The molecule has 0 bridgehead atoms. The molecular formula is C12H24N4O. The number of nitrogens with zero attached hydrogens (tertiary/aromatic N) is 3. The van der Waals surface area contributed by atoms with Gasteiger partial charge in [0, 0.05) is 46.5 Å². The zero-order valence-electron chi connectivity index (χ0n) is 11.6. The van der Waals surface area contributed by atoms with Crippen molar-refractivity contribution in [2.45, 2.75) is 19.9 Å². The topological polar surface area (TPSA) is 42.3 Å². The molecule has 17 heavy (non-hydrogen) atoms. The van der Waals surface area contributed by atoms with Gasteiger partial charge in [-0.05, 0) is 20.4 Å². The zero-order valence-corrected chi connectivity index (χ0v) is 11.6. The van der Waals surface area contributed by atoms with Crippen LogP contribution in [0.3, 0.4) is 0 Å². The smallest absolute Gasteiger partial charge is 0.128 e. The lowest BCUT2D eigenvalue weighted by Gasteiger charge is -2.17. The average Bonchev–Trinajstić information content (AvgIpc) is 2.54. The molecule has 1 aromatic heterocycles. The molecule has 1 rings (SSSR count). The van der Waals surface area contributed by atoms with Crippen LogP contribution in [0.1, 0.15) is 17.7 Å². The Balaban J connectivity index is 2.61. The molecule has 1 heterocycles. The number of rotatable bonds is 7. The highest BCUT2D eigenvalue weighted by Gasteiger charge is 2.13. The molecule has 0 spiro atoms. The van der Waals surface area contributed by atoms with Gasteiger partial charge in [0.25, 0.3) is 0 Å². The van der Waals surface area contributed by atoms with Crippen LogP contribution >= 0.6 is 0 Å². The minimum atomic E-state index is 0.815. The SMILES string of the molecule is CNc1c(CN(C)CCCOC)c(C)nn1C. The van der Waals surface area contributed by atoms with E-state index in [9.17, 15) is 0 Å². The van der Waals surface area contributed by atoms with Crippen molar-refractivity contribution in [1.29, 1.82) is 0 Å². The van der Waals surface area contributed by atoms with Gasteiger partial charge in [0.15, 0.2) is 0 Å². The molecule has 1 N–H and O–H groups in total. The monoisotopic (exact) mass is 240 g/mol. The van der Waals surface area contributed by atoms with E-state index in [1.54, 1.807) is 7.11 Å². The van der Waals surface area contributed by atoms with Gasteiger partial charge >= 0.3 is 0 Å². The van der Waals surface area contributed by atoms with Crippen LogP contribution in [0.5, 0.6) is 0 Å². The fourth-order valence-electron chi connectivity index (χ4n) is 2.03. The first-order valence-electron chi connectivity index (χ1n) is 5.97. The average molecular weight is 240 g/mol. The lowest BCUT2D eigenvalue weighted by atomic mass is 10.2. The molecule has 0 fully saturated rings. The second-order valence-electron chi connectivity index (χ2n) is 4.37. The molecule has 0 radical (unpaired) electrons. The Morgan fingerprint density at radius 2 is 2.18 bits per heavy atom. The van der Waals surface area contributed by atoms with Crippen molar-refractivity contribution < 1.29 is 4.74 Å². The fraction of sp³-hybridized carbons (Fsp3) is 0.750. The number of hydrogen-bond acceptors (Lipinski definition) is 4. The molecule has 1 aromatic rings. The highest BCUT2D eigenvalue weighted by Crippen LogP contribution is 2.19. The molecule has 0 saturated heterocycles. The van der Waals surface area contributed by atoms with Gasteiger partial charge in [-0.2, -0.15) is 5.10 Å². The van der Waals surface area contributed by atoms with Gasteiger partial charge in [-0.15, -0.1) is 0 Å². The quantitative estimate of drug-likeness (QED) is 0.728. The third kappa shape index (κ3) is 3.71. The summed E-state index contributed by atoms with van der Waals surface area (Å²) in [5, 5.41) is 7.64. The minimum absolute atomic E-state index is 0.815. The molecule has 0 unspecified atom stereocenters. The van der Waals surface area contributed by atoms with E-state index in [2.05, 4.69) is 29.3 Å². The summed E-state index contributed by atoms with van der Waals surface area (Å²) in [6, 6.07) is 0. The molecule has 0 aliphatic rings. The number of aryl methyl sites for hydroxylation is 2. The molecule has 5 heteroatoms.